The molecule has 0 saturated heterocycles. The Balaban J connectivity index is 2.47. The van der Waals surface area contributed by atoms with Crippen LogP contribution in [0.15, 0.2) is 59.3 Å². The number of hydrogen-bond acceptors (Lipinski definition) is 1. The maximum Gasteiger partial charge on any atom is 0.150 e. The molecule has 0 amide bonds. The first-order valence-electron chi connectivity index (χ1n) is 4.30. The van der Waals surface area contributed by atoms with Crippen molar-refractivity contribution in [2.24, 2.45) is 0 Å². The number of aldehydes is 1. The molecule has 0 heterocycles. The van der Waals surface area contributed by atoms with E-state index in [-0.39, 0.29) is 0 Å². The van der Waals surface area contributed by atoms with Crippen LogP contribution in [-0.4, -0.2) is 6.29 Å². The van der Waals surface area contributed by atoms with Crippen LogP contribution in [0.4, 0.5) is 0 Å². The third kappa shape index (κ3) is 1.75. The molecule has 2 bridgehead atoms. The lowest BCUT2D eigenvalue weighted by Gasteiger charge is -1.97. The van der Waals surface area contributed by atoms with Crippen molar-refractivity contribution in [3.8, 4) is 0 Å². The summed E-state index contributed by atoms with van der Waals surface area (Å²) in [6.45, 7) is 0. The Hall–Kier alpha value is -1.63. The topological polar surface area (TPSA) is 17.1 Å². The second-order valence-corrected chi connectivity index (χ2v) is 3.14. The molecule has 1 nitrogen and oxygen atoms in total. The highest BCUT2D eigenvalue weighted by molar-refractivity contribution is 5.79. The zero-order valence-corrected chi connectivity index (χ0v) is 7.23. The van der Waals surface area contributed by atoms with Crippen LogP contribution in [0.5, 0.6) is 0 Å². The summed E-state index contributed by atoms with van der Waals surface area (Å²) in [5.74, 6) is 0. The van der Waals surface area contributed by atoms with Gasteiger partial charge in [-0.3, -0.25) is 4.79 Å². The lowest BCUT2D eigenvalue weighted by atomic mass is 10.1. The average molecular weight is 170 g/mol. The SMILES string of the molecule is O=CC1=CC2=CC=CC=C(C=C1)C2. The summed E-state index contributed by atoms with van der Waals surface area (Å²) in [7, 11) is 0. The summed E-state index contributed by atoms with van der Waals surface area (Å²) in [5, 5.41) is 0. The highest BCUT2D eigenvalue weighted by Gasteiger charge is 2.04. The molecule has 2 rings (SSSR count). The third-order valence-corrected chi connectivity index (χ3v) is 2.12. The quantitative estimate of drug-likeness (QED) is 0.552. The predicted molar refractivity (Wildman–Crippen MR) is 53.2 cm³/mol. The molecular weight excluding hydrogens is 160 g/mol. The van der Waals surface area contributed by atoms with Crippen LogP contribution in [-0.2, 0) is 4.79 Å². The molecule has 0 unspecified atom stereocenters. The van der Waals surface area contributed by atoms with Gasteiger partial charge in [0.1, 0.15) is 6.29 Å². The van der Waals surface area contributed by atoms with Crippen LogP contribution in [0.25, 0.3) is 0 Å². The molecule has 0 aromatic rings. The monoisotopic (exact) mass is 170 g/mol. The molecular formula is C12H10O. The number of rotatable bonds is 1. The zero-order valence-electron chi connectivity index (χ0n) is 7.23. The van der Waals surface area contributed by atoms with Gasteiger partial charge in [0.2, 0.25) is 0 Å². The molecule has 13 heavy (non-hydrogen) atoms. The van der Waals surface area contributed by atoms with Crippen molar-refractivity contribution in [3.05, 3.63) is 59.3 Å². The lowest BCUT2D eigenvalue weighted by Crippen LogP contribution is -1.80. The van der Waals surface area contributed by atoms with Crippen LogP contribution in [0, 0.1) is 0 Å². The molecule has 0 aliphatic heterocycles. The van der Waals surface area contributed by atoms with Crippen molar-refractivity contribution in [1.29, 1.82) is 0 Å². The maximum absolute atomic E-state index is 10.6. The Labute approximate surface area is 77.5 Å². The van der Waals surface area contributed by atoms with Gasteiger partial charge in [-0.25, -0.2) is 0 Å². The Morgan fingerprint density at radius 3 is 2.62 bits per heavy atom. The van der Waals surface area contributed by atoms with Crippen LogP contribution in [0.2, 0.25) is 0 Å². The standard InChI is InChI=1S/C12H10O/c13-9-12-6-5-10-3-1-2-4-11(7-10)8-12/h1-6,8-9H,7H2. The van der Waals surface area contributed by atoms with Gasteiger partial charge in [-0.2, -0.15) is 0 Å². The van der Waals surface area contributed by atoms with E-state index in [4.69, 9.17) is 0 Å². The maximum atomic E-state index is 10.6. The van der Waals surface area contributed by atoms with E-state index in [1.807, 2.05) is 36.5 Å². The van der Waals surface area contributed by atoms with E-state index in [0.717, 1.165) is 18.3 Å². The molecule has 1 heteroatoms. The Kier molecular flexibility index (Phi) is 2.09. The summed E-state index contributed by atoms with van der Waals surface area (Å²) >= 11 is 0. The van der Waals surface area contributed by atoms with E-state index in [2.05, 4.69) is 6.08 Å². The Morgan fingerprint density at radius 1 is 1.08 bits per heavy atom. The van der Waals surface area contributed by atoms with Crippen molar-refractivity contribution in [2.75, 3.05) is 0 Å². The summed E-state index contributed by atoms with van der Waals surface area (Å²) < 4.78 is 0. The molecule has 0 radical (unpaired) electrons. The first-order valence-corrected chi connectivity index (χ1v) is 4.30. The van der Waals surface area contributed by atoms with Gasteiger partial charge < -0.3 is 0 Å². The van der Waals surface area contributed by atoms with Crippen LogP contribution in [0.3, 0.4) is 0 Å². The Bertz CT molecular complexity index is 376. The van der Waals surface area contributed by atoms with Gasteiger partial charge in [-0.05, 0) is 23.6 Å². The van der Waals surface area contributed by atoms with Crippen molar-refractivity contribution >= 4 is 6.29 Å². The zero-order chi connectivity index (χ0) is 9.10. The van der Waals surface area contributed by atoms with Crippen LogP contribution in [0.1, 0.15) is 6.42 Å². The van der Waals surface area contributed by atoms with E-state index >= 15 is 0 Å². The Morgan fingerprint density at radius 2 is 1.85 bits per heavy atom. The molecule has 2 aliphatic carbocycles. The van der Waals surface area contributed by atoms with Crippen LogP contribution < -0.4 is 0 Å². The number of hydrogen-bond donors (Lipinski definition) is 0. The highest BCUT2D eigenvalue weighted by atomic mass is 16.1. The van der Waals surface area contributed by atoms with Gasteiger partial charge in [0.15, 0.2) is 0 Å². The first kappa shape index (κ1) is 7.99. The number of carbonyl (C=O) groups is 1. The fourth-order valence-corrected chi connectivity index (χ4v) is 1.46. The summed E-state index contributed by atoms with van der Waals surface area (Å²) in [6, 6.07) is 0. The van der Waals surface area contributed by atoms with Crippen molar-refractivity contribution in [3.63, 3.8) is 0 Å². The van der Waals surface area contributed by atoms with Crippen molar-refractivity contribution in [2.45, 2.75) is 6.42 Å². The van der Waals surface area contributed by atoms with Gasteiger partial charge in [0.25, 0.3) is 0 Å². The second-order valence-electron chi connectivity index (χ2n) is 3.14. The molecule has 0 aromatic heterocycles. The fourth-order valence-electron chi connectivity index (χ4n) is 1.46. The predicted octanol–water partition coefficient (Wildman–Crippen LogP) is 2.49. The number of allylic oxidation sites excluding steroid dienone is 10. The number of carbonyl (C=O) groups excluding carboxylic acids is 1. The number of fused-ring (bicyclic) bond motifs is 2. The highest BCUT2D eigenvalue weighted by Crippen LogP contribution is 2.21. The molecule has 0 spiro atoms. The summed E-state index contributed by atoms with van der Waals surface area (Å²) in [4.78, 5) is 10.6. The minimum atomic E-state index is 0.741. The van der Waals surface area contributed by atoms with Gasteiger partial charge in [0.05, 0.1) is 0 Å². The molecule has 0 fully saturated rings. The van der Waals surface area contributed by atoms with Crippen LogP contribution >= 0.6 is 0 Å². The van der Waals surface area contributed by atoms with Gasteiger partial charge in [0, 0.05) is 5.57 Å². The normalized spacial score (nSPS) is 19.5. The van der Waals surface area contributed by atoms with E-state index in [0.29, 0.717) is 0 Å². The second kappa shape index (κ2) is 3.40. The molecule has 64 valence electrons. The summed E-state index contributed by atoms with van der Waals surface area (Å²) in [6.07, 6.45) is 15.7. The van der Waals surface area contributed by atoms with E-state index < -0.39 is 0 Å². The minimum absolute atomic E-state index is 0.741. The fraction of sp³-hybridized carbons (Fsp3) is 0.0833. The first-order chi connectivity index (χ1) is 6.38. The van der Waals surface area contributed by atoms with Gasteiger partial charge in [-0.1, -0.05) is 36.5 Å². The van der Waals surface area contributed by atoms with E-state index in [1.54, 1.807) is 0 Å². The minimum Gasteiger partial charge on any atom is -0.298 e. The summed E-state index contributed by atoms with van der Waals surface area (Å²) in [5.41, 5.74) is 3.17. The van der Waals surface area contributed by atoms with Gasteiger partial charge in [-0.15, -0.1) is 0 Å². The average Bonchev–Trinajstić information content (AvgIpc) is 2.49. The smallest absolute Gasteiger partial charge is 0.150 e. The molecule has 0 N–H and O–H groups in total. The molecule has 2 aliphatic rings. The van der Waals surface area contributed by atoms with Crippen molar-refractivity contribution < 1.29 is 4.79 Å². The largest absolute Gasteiger partial charge is 0.298 e. The molecule has 0 saturated carbocycles. The molecule has 0 aromatic carbocycles. The van der Waals surface area contributed by atoms with Crippen molar-refractivity contribution in [1.82, 2.24) is 0 Å². The van der Waals surface area contributed by atoms with E-state index in [1.165, 1.54) is 11.1 Å². The lowest BCUT2D eigenvalue weighted by molar-refractivity contribution is -0.104. The van der Waals surface area contributed by atoms with E-state index in [9.17, 15) is 4.79 Å². The third-order valence-electron chi connectivity index (χ3n) is 2.12. The molecule has 0 atom stereocenters. The van der Waals surface area contributed by atoms with Gasteiger partial charge >= 0.3 is 0 Å².